The van der Waals surface area contributed by atoms with Gasteiger partial charge in [0, 0.05) is 5.56 Å². The molecule has 0 saturated heterocycles. The van der Waals surface area contributed by atoms with Crippen LogP contribution in [0.3, 0.4) is 0 Å². The van der Waals surface area contributed by atoms with Gasteiger partial charge in [-0.1, -0.05) is 12.1 Å². The molecule has 0 amide bonds. The minimum Gasteiger partial charge on any atom is -0.484 e. The number of aliphatic hydroxyl groups is 1. The van der Waals surface area contributed by atoms with Gasteiger partial charge >= 0.3 is 0 Å². The van der Waals surface area contributed by atoms with Gasteiger partial charge in [-0.3, -0.25) is 4.79 Å². The van der Waals surface area contributed by atoms with Gasteiger partial charge in [0.1, 0.15) is 17.5 Å². The van der Waals surface area contributed by atoms with E-state index in [0.29, 0.717) is 16.9 Å². The van der Waals surface area contributed by atoms with Crippen molar-refractivity contribution < 1.29 is 14.6 Å². The zero-order valence-corrected chi connectivity index (χ0v) is 10.2. The molecular weight excluding hydrogens is 218 g/mol. The molecule has 1 aliphatic rings. The Morgan fingerprint density at radius 2 is 2.12 bits per heavy atom. The largest absolute Gasteiger partial charge is 0.484 e. The molecule has 0 aromatic heterocycles. The molecule has 0 bridgehead atoms. The average Bonchev–Trinajstić information content (AvgIpc) is 2.25. The molecule has 1 heterocycles. The number of carbonyl (C=O) groups is 1. The number of benzene rings is 1. The van der Waals surface area contributed by atoms with Crippen LogP contribution in [0.5, 0.6) is 5.75 Å². The summed E-state index contributed by atoms with van der Waals surface area (Å²) in [7, 11) is 0. The van der Waals surface area contributed by atoms with Crippen molar-refractivity contribution in [3.8, 4) is 5.75 Å². The maximum atomic E-state index is 11.5. The summed E-state index contributed by atoms with van der Waals surface area (Å²) in [6, 6.07) is 4.71. The van der Waals surface area contributed by atoms with Crippen LogP contribution >= 0.6 is 0 Å². The van der Waals surface area contributed by atoms with E-state index in [2.05, 4.69) is 0 Å². The van der Waals surface area contributed by atoms with Crippen molar-refractivity contribution in [2.75, 3.05) is 0 Å². The zero-order chi connectivity index (χ0) is 12.8. The Balaban J connectivity index is 2.61. The Morgan fingerprint density at radius 1 is 1.47 bits per heavy atom. The lowest BCUT2D eigenvalue weighted by Gasteiger charge is -2.41. The van der Waals surface area contributed by atoms with Crippen molar-refractivity contribution >= 4 is 5.78 Å². The standard InChI is InChI=1S/C13H17NO3/c1-7(15)8-5-4-6-9-10(14)12(16)13(2,3)17-11(8)9/h4-6,10,12,16H,14H2,1-3H3/t10-,12+/m0/s1. The Morgan fingerprint density at radius 3 is 2.71 bits per heavy atom. The maximum Gasteiger partial charge on any atom is 0.163 e. The van der Waals surface area contributed by atoms with E-state index >= 15 is 0 Å². The highest BCUT2D eigenvalue weighted by Crippen LogP contribution is 2.40. The highest BCUT2D eigenvalue weighted by molar-refractivity contribution is 5.97. The molecule has 1 aromatic carbocycles. The zero-order valence-electron chi connectivity index (χ0n) is 10.2. The number of aliphatic hydroxyl groups excluding tert-OH is 1. The van der Waals surface area contributed by atoms with Gasteiger partial charge in [-0.2, -0.15) is 0 Å². The van der Waals surface area contributed by atoms with E-state index in [0.717, 1.165) is 0 Å². The lowest BCUT2D eigenvalue weighted by atomic mass is 9.86. The summed E-state index contributed by atoms with van der Waals surface area (Å²) in [5.74, 6) is 0.434. The van der Waals surface area contributed by atoms with E-state index in [1.807, 2.05) is 0 Å². The number of para-hydroxylation sites is 1. The second-order valence-corrected chi connectivity index (χ2v) is 4.96. The summed E-state index contributed by atoms with van der Waals surface area (Å²) >= 11 is 0. The van der Waals surface area contributed by atoms with Crippen molar-refractivity contribution in [3.05, 3.63) is 29.3 Å². The van der Waals surface area contributed by atoms with Crippen LogP contribution in [0.4, 0.5) is 0 Å². The van der Waals surface area contributed by atoms with Gasteiger partial charge in [0.25, 0.3) is 0 Å². The van der Waals surface area contributed by atoms with E-state index in [1.54, 1.807) is 32.0 Å². The van der Waals surface area contributed by atoms with Crippen LogP contribution in [-0.2, 0) is 0 Å². The maximum absolute atomic E-state index is 11.5. The molecule has 4 heteroatoms. The minimum absolute atomic E-state index is 0.0683. The predicted molar refractivity (Wildman–Crippen MR) is 64.1 cm³/mol. The van der Waals surface area contributed by atoms with Crippen LogP contribution in [0.2, 0.25) is 0 Å². The smallest absolute Gasteiger partial charge is 0.163 e. The third-order valence-electron chi connectivity index (χ3n) is 3.20. The molecule has 17 heavy (non-hydrogen) atoms. The second-order valence-electron chi connectivity index (χ2n) is 4.96. The lowest BCUT2D eigenvalue weighted by molar-refractivity contribution is -0.0574. The van der Waals surface area contributed by atoms with Crippen molar-refractivity contribution in [2.45, 2.75) is 38.5 Å². The minimum atomic E-state index is -0.794. The van der Waals surface area contributed by atoms with Gasteiger partial charge < -0.3 is 15.6 Å². The van der Waals surface area contributed by atoms with Crippen molar-refractivity contribution in [1.29, 1.82) is 0 Å². The molecule has 2 atom stereocenters. The third-order valence-corrected chi connectivity index (χ3v) is 3.20. The summed E-state index contributed by atoms with van der Waals surface area (Å²) in [6.45, 7) is 5.01. The molecular formula is C13H17NO3. The first-order valence-electron chi connectivity index (χ1n) is 5.61. The van der Waals surface area contributed by atoms with E-state index in [9.17, 15) is 9.90 Å². The number of ether oxygens (including phenoxy) is 1. The SMILES string of the molecule is CC(=O)c1cccc2c1OC(C)(C)[C@H](O)[C@H]2N. The Labute approximate surface area is 100 Å². The van der Waals surface area contributed by atoms with Gasteiger partial charge in [-0.05, 0) is 26.8 Å². The van der Waals surface area contributed by atoms with E-state index in [-0.39, 0.29) is 5.78 Å². The van der Waals surface area contributed by atoms with E-state index in [4.69, 9.17) is 10.5 Å². The fraction of sp³-hybridized carbons (Fsp3) is 0.462. The molecule has 0 fully saturated rings. The first kappa shape index (κ1) is 12.1. The van der Waals surface area contributed by atoms with Crippen molar-refractivity contribution in [3.63, 3.8) is 0 Å². The summed E-state index contributed by atoms with van der Waals surface area (Å²) in [5.41, 5.74) is 6.40. The molecule has 0 saturated carbocycles. The molecule has 1 aliphatic heterocycles. The molecule has 92 valence electrons. The number of fused-ring (bicyclic) bond motifs is 1. The molecule has 0 radical (unpaired) electrons. The number of carbonyl (C=O) groups excluding carboxylic acids is 1. The predicted octanol–water partition coefficient (Wildman–Crippen LogP) is 1.42. The fourth-order valence-corrected chi connectivity index (χ4v) is 2.13. The van der Waals surface area contributed by atoms with Crippen LogP contribution in [0, 0.1) is 0 Å². The molecule has 1 aromatic rings. The van der Waals surface area contributed by atoms with Crippen LogP contribution < -0.4 is 10.5 Å². The number of hydrogen-bond donors (Lipinski definition) is 2. The highest BCUT2D eigenvalue weighted by Gasteiger charge is 2.42. The monoisotopic (exact) mass is 235 g/mol. The third kappa shape index (κ3) is 1.83. The fourth-order valence-electron chi connectivity index (χ4n) is 2.13. The summed E-state index contributed by atoms with van der Waals surface area (Å²) in [6.07, 6.45) is -0.794. The normalized spacial score (nSPS) is 25.9. The Bertz CT molecular complexity index is 468. The molecule has 2 rings (SSSR count). The number of ketones is 1. The summed E-state index contributed by atoms with van der Waals surface area (Å²) < 4.78 is 5.74. The molecule has 4 nitrogen and oxygen atoms in total. The second kappa shape index (κ2) is 3.82. The average molecular weight is 235 g/mol. The number of nitrogens with two attached hydrogens (primary N) is 1. The first-order valence-corrected chi connectivity index (χ1v) is 5.61. The molecule has 0 aliphatic carbocycles. The highest BCUT2D eigenvalue weighted by atomic mass is 16.5. The molecule has 0 unspecified atom stereocenters. The van der Waals surface area contributed by atoms with Gasteiger partial charge in [0.2, 0.25) is 0 Å². The molecule has 3 N–H and O–H groups in total. The summed E-state index contributed by atoms with van der Waals surface area (Å²) in [5, 5.41) is 10.0. The molecule has 0 spiro atoms. The van der Waals surface area contributed by atoms with Crippen LogP contribution in [-0.4, -0.2) is 22.6 Å². The Hall–Kier alpha value is -1.39. The van der Waals surface area contributed by atoms with Crippen LogP contribution in [0.1, 0.15) is 42.7 Å². The van der Waals surface area contributed by atoms with Gasteiger partial charge in [-0.25, -0.2) is 0 Å². The van der Waals surface area contributed by atoms with Crippen molar-refractivity contribution in [2.24, 2.45) is 5.73 Å². The number of Topliss-reactive ketones (excluding diaryl/α,β-unsaturated/α-hetero) is 1. The van der Waals surface area contributed by atoms with Gasteiger partial charge in [0.05, 0.1) is 11.6 Å². The van der Waals surface area contributed by atoms with E-state index < -0.39 is 17.7 Å². The quantitative estimate of drug-likeness (QED) is 0.722. The first-order chi connectivity index (χ1) is 7.84. The number of hydrogen-bond acceptors (Lipinski definition) is 4. The Kier molecular flexibility index (Phi) is 2.72. The topological polar surface area (TPSA) is 72.5 Å². The van der Waals surface area contributed by atoms with Crippen LogP contribution in [0.25, 0.3) is 0 Å². The van der Waals surface area contributed by atoms with Gasteiger partial charge in [-0.15, -0.1) is 0 Å². The van der Waals surface area contributed by atoms with Gasteiger partial charge in [0.15, 0.2) is 5.78 Å². The number of rotatable bonds is 1. The summed E-state index contributed by atoms with van der Waals surface area (Å²) in [4.78, 5) is 11.5. The van der Waals surface area contributed by atoms with E-state index in [1.165, 1.54) is 6.92 Å². The lowest BCUT2D eigenvalue weighted by Crippen LogP contribution is -2.51. The van der Waals surface area contributed by atoms with Crippen molar-refractivity contribution in [1.82, 2.24) is 0 Å². The van der Waals surface area contributed by atoms with Crippen LogP contribution in [0.15, 0.2) is 18.2 Å².